The van der Waals surface area contributed by atoms with Gasteiger partial charge in [-0.15, -0.1) is 35.3 Å². The van der Waals surface area contributed by atoms with Crippen LogP contribution < -0.4 is 15.4 Å². The molecule has 144 valence electrons. The van der Waals surface area contributed by atoms with E-state index in [0.29, 0.717) is 25.6 Å². The molecule has 2 aromatic heterocycles. The summed E-state index contributed by atoms with van der Waals surface area (Å²) in [6.45, 7) is 4.42. The first-order chi connectivity index (χ1) is 12.2. The predicted octanol–water partition coefficient (Wildman–Crippen LogP) is 2.40. The number of ether oxygens (including phenoxy) is 2. The highest BCUT2D eigenvalue weighted by Gasteiger charge is 2.06. The highest BCUT2D eigenvalue weighted by atomic mass is 127. The number of rotatable bonds is 9. The summed E-state index contributed by atoms with van der Waals surface area (Å²) in [7, 11) is 3.40. The lowest BCUT2D eigenvalue weighted by atomic mass is 10.2. The maximum Gasteiger partial charge on any atom is 0.218 e. The van der Waals surface area contributed by atoms with Crippen LogP contribution in [0.3, 0.4) is 0 Å². The first-order valence-electron chi connectivity index (χ1n) is 8.14. The quantitative estimate of drug-likeness (QED) is 0.243. The number of methoxy groups -OCH3 is 1. The van der Waals surface area contributed by atoms with Crippen molar-refractivity contribution in [1.82, 2.24) is 20.6 Å². The van der Waals surface area contributed by atoms with Crippen molar-refractivity contribution in [3.63, 3.8) is 0 Å². The second-order valence-corrected chi connectivity index (χ2v) is 6.60. The Kier molecular flexibility index (Phi) is 11.1. The molecule has 0 saturated heterocycles. The van der Waals surface area contributed by atoms with Gasteiger partial charge in [0.25, 0.3) is 0 Å². The molecule has 0 aliphatic rings. The normalized spacial score (nSPS) is 11.0. The summed E-state index contributed by atoms with van der Waals surface area (Å²) in [4.78, 5) is 14.1. The summed E-state index contributed by atoms with van der Waals surface area (Å²) >= 11 is 1.72. The molecule has 0 unspecified atom stereocenters. The third kappa shape index (κ3) is 7.83. The molecule has 0 aromatic carbocycles. The lowest BCUT2D eigenvalue weighted by Crippen LogP contribution is -2.38. The third-order valence-electron chi connectivity index (χ3n) is 3.35. The van der Waals surface area contributed by atoms with E-state index in [1.165, 1.54) is 4.88 Å². The molecule has 26 heavy (non-hydrogen) atoms. The molecule has 0 aliphatic heterocycles. The van der Waals surface area contributed by atoms with Crippen LogP contribution in [0.2, 0.25) is 0 Å². The van der Waals surface area contributed by atoms with Gasteiger partial charge in [-0.05, 0) is 13.0 Å². The maximum atomic E-state index is 5.64. The van der Waals surface area contributed by atoms with Gasteiger partial charge in [-0.1, -0.05) is 6.07 Å². The van der Waals surface area contributed by atoms with Gasteiger partial charge in [0.15, 0.2) is 5.96 Å². The summed E-state index contributed by atoms with van der Waals surface area (Å²) < 4.78 is 10.6. The SMILES string of the molecule is CN=C(NCCc1ncc(C)s1)NCc1cccnc1OCCOC.I. The first kappa shape index (κ1) is 22.6. The van der Waals surface area contributed by atoms with Crippen LogP contribution in [0.15, 0.2) is 29.5 Å². The number of halogens is 1. The lowest BCUT2D eigenvalue weighted by Gasteiger charge is -2.13. The third-order valence-corrected chi connectivity index (χ3v) is 4.32. The van der Waals surface area contributed by atoms with Crippen molar-refractivity contribution in [1.29, 1.82) is 0 Å². The highest BCUT2D eigenvalue weighted by Crippen LogP contribution is 2.14. The summed E-state index contributed by atoms with van der Waals surface area (Å²) in [5.74, 6) is 1.35. The molecule has 0 bridgehead atoms. The van der Waals surface area contributed by atoms with E-state index in [-0.39, 0.29) is 24.0 Å². The molecule has 2 aromatic rings. The molecular formula is C17H26IN5O2S. The Hall–Kier alpha value is -1.46. The molecule has 9 heteroatoms. The van der Waals surface area contributed by atoms with Crippen LogP contribution in [-0.4, -0.2) is 49.8 Å². The van der Waals surface area contributed by atoms with Gasteiger partial charge in [0.2, 0.25) is 5.88 Å². The van der Waals surface area contributed by atoms with Crippen molar-refractivity contribution in [2.24, 2.45) is 4.99 Å². The second-order valence-electron chi connectivity index (χ2n) is 5.28. The van der Waals surface area contributed by atoms with E-state index in [2.05, 4.69) is 32.5 Å². The van der Waals surface area contributed by atoms with Crippen LogP contribution in [0, 0.1) is 6.92 Å². The van der Waals surface area contributed by atoms with E-state index < -0.39 is 0 Å². The number of pyridine rings is 1. The summed E-state index contributed by atoms with van der Waals surface area (Å²) in [6.07, 6.45) is 4.49. The van der Waals surface area contributed by atoms with Crippen LogP contribution in [0.25, 0.3) is 0 Å². The number of hydrogen-bond acceptors (Lipinski definition) is 6. The number of aliphatic imine (C=N–C) groups is 1. The Morgan fingerprint density at radius 2 is 2.12 bits per heavy atom. The van der Waals surface area contributed by atoms with Crippen LogP contribution >= 0.6 is 35.3 Å². The fraction of sp³-hybridized carbons (Fsp3) is 0.471. The van der Waals surface area contributed by atoms with E-state index in [0.717, 1.165) is 29.5 Å². The van der Waals surface area contributed by atoms with Crippen molar-refractivity contribution in [3.05, 3.63) is 40.0 Å². The molecule has 7 nitrogen and oxygen atoms in total. The zero-order valence-corrected chi connectivity index (χ0v) is 18.5. The lowest BCUT2D eigenvalue weighted by molar-refractivity contribution is 0.143. The zero-order valence-electron chi connectivity index (χ0n) is 15.3. The number of nitrogens with zero attached hydrogens (tertiary/aromatic N) is 3. The Labute approximate surface area is 175 Å². The van der Waals surface area contributed by atoms with Crippen LogP contribution in [0.4, 0.5) is 0 Å². The number of aryl methyl sites for hydroxylation is 1. The standard InChI is InChI=1S/C17H25N5O2S.HI/c1-13-11-21-15(25-13)6-8-20-17(18-2)22-12-14-5-4-7-19-16(14)24-10-9-23-3;/h4-5,7,11H,6,8-10,12H2,1-3H3,(H2,18,20,22);1H. The van der Waals surface area contributed by atoms with Gasteiger partial charge in [-0.2, -0.15) is 0 Å². The minimum absolute atomic E-state index is 0. The Bertz CT molecular complexity index is 681. The number of thiazole rings is 1. The smallest absolute Gasteiger partial charge is 0.218 e. The summed E-state index contributed by atoms with van der Waals surface area (Å²) in [6, 6.07) is 3.87. The van der Waals surface area contributed by atoms with Crippen molar-refractivity contribution in [2.75, 3.05) is 33.9 Å². The van der Waals surface area contributed by atoms with Gasteiger partial charge >= 0.3 is 0 Å². The largest absolute Gasteiger partial charge is 0.475 e. The van der Waals surface area contributed by atoms with Crippen molar-refractivity contribution in [3.8, 4) is 5.88 Å². The fourth-order valence-corrected chi connectivity index (χ4v) is 2.90. The van der Waals surface area contributed by atoms with Crippen LogP contribution in [0.5, 0.6) is 5.88 Å². The number of hydrogen-bond donors (Lipinski definition) is 2. The Morgan fingerprint density at radius 3 is 2.81 bits per heavy atom. The average Bonchev–Trinajstić information content (AvgIpc) is 3.04. The second kappa shape index (κ2) is 12.8. The maximum absolute atomic E-state index is 5.64. The molecule has 0 atom stereocenters. The highest BCUT2D eigenvalue weighted by molar-refractivity contribution is 14.0. The van der Waals surface area contributed by atoms with Gasteiger partial charge in [0.05, 0.1) is 11.6 Å². The molecule has 0 fully saturated rings. The molecule has 0 saturated carbocycles. The minimum Gasteiger partial charge on any atom is -0.475 e. The van der Waals surface area contributed by atoms with Crippen LogP contribution in [-0.2, 0) is 17.7 Å². The van der Waals surface area contributed by atoms with Gasteiger partial charge in [0, 0.05) is 56.5 Å². The van der Waals surface area contributed by atoms with Crippen molar-refractivity contribution >= 4 is 41.3 Å². The monoisotopic (exact) mass is 491 g/mol. The predicted molar refractivity (Wildman–Crippen MR) is 116 cm³/mol. The van der Waals surface area contributed by atoms with E-state index in [1.54, 1.807) is 31.7 Å². The molecule has 2 N–H and O–H groups in total. The molecule has 0 aliphatic carbocycles. The zero-order chi connectivity index (χ0) is 17.9. The van der Waals surface area contributed by atoms with Gasteiger partial charge < -0.3 is 20.1 Å². The molecule has 0 spiro atoms. The summed E-state index contributed by atoms with van der Waals surface area (Å²) in [5, 5.41) is 7.70. The van der Waals surface area contributed by atoms with Crippen molar-refractivity contribution < 1.29 is 9.47 Å². The number of guanidine groups is 1. The molecular weight excluding hydrogens is 465 g/mol. The van der Waals surface area contributed by atoms with E-state index >= 15 is 0 Å². The van der Waals surface area contributed by atoms with Gasteiger partial charge in [-0.25, -0.2) is 9.97 Å². The van der Waals surface area contributed by atoms with Gasteiger partial charge in [-0.3, -0.25) is 4.99 Å². The van der Waals surface area contributed by atoms with Gasteiger partial charge in [0.1, 0.15) is 6.61 Å². The van der Waals surface area contributed by atoms with E-state index in [1.807, 2.05) is 18.3 Å². The summed E-state index contributed by atoms with van der Waals surface area (Å²) in [5.41, 5.74) is 0.970. The first-order valence-corrected chi connectivity index (χ1v) is 8.96. The number of nitrogens with one attached hydrogen (secondary N) is 2. The molecule has 0 amide bonds. The van der Waals surface area contributed by atoms with Crippen molar-refractivity contribution in [2.45, 2.75) is 19.9 Å². The van der Waals surface area contributed by atoms with E-state index in [9.17, 15) is 0 Å². The molecule has 2 rings (SSSR count). The number of aromatic nitrogens is 2. The van der Waals surface area contributed by atoms with Crippen LogP contribution in [0.1, 0.15) is 15.4 Å². The topological polar surface area (TPSA) is 80.7 Å². The Morgan fingerprint density at radius 1 is 1.27 bits per heavy atom. The van der Waals surface area contributed by atoms with E-state index in [4.69, 9.17) is 9.47 Å². The molecule has 0 radical (unpaired) electrons. The minimum atomic E-state index is 0. The average molecular weight is 491 g/mol. The molecule has 2 heterocycles. The Balaban J connectivity index is 0.00000338. The fourth-order valence-electron chi connectivity index (χ4n) is 2.11.